The van der Waals surface area contributed by atoms with E-state index in [1.807, 2.05) is 0 Å². The summed E-state index contributed by atoms with van der Waals surface area (Å²) < 4.78 is 25.6. The monoisotopic (exact) mass is 296 g/mol. The van der Waals surface area contributed by atoms with Gasteiger partial charge in [0.2, 0.25) is 10.0 Å². The van der Waals surface area contributed by atoms with Crippen molar-refractivity contribution in [3.05, 3.63) is 18.3 Å². The number of aromatic nitrogens is 1. The first-order valence-electron chi connectivity index (χ1n) is 6.99. The number of piperazine rings is 1. The van der Waals surface area contributed by atoms with E-state index in [-0.39, 0.29) is 4.90 Å². The van der Waals surface area contributed by atoms with Crippen LogP contribution in [0.3, 0.4) is 0 Å². The van der Waals surface area contributed by atoms with Gasteiger partial charge in [-0.3, -0.25) is 4.90 Å². The van der Waals surface area contributed by atoms with Gasteiger partial charge in [-0.15, -0.1) is 0 Å². The summed E-state index contributed by atoms with van der Waals surface area (Å²) in [5.74, 6) is 0.857. The highest BCUT2D eigenvalue weighted by atomic mass is 32.2. The van der Waals surface area contributed by atoms with Gasteiger partial charge in [-0.2, -0.15) is 0 Å². The minimum absolute atomic E-state index is 0.209. The lowest BCUT2D eigenvalue weighted by atomic mass is 10.3. The molecule has 3 rings (SSSR count). The van der Waals surface area contributed by atoms with Crippen LogP contribution in [0.15, 0.2) is 23.2 Å². The normalized spacial score (nSPS) is 21.1. The molecule has 1 aliphatic carbocycles. The molecule has 2 heterocycles. The number of hydrogen-bond acceptors (Lipinski definition) is 5. The predicted molar refractivity (Wildman–Crippen MR) is 77.3 cm³/mol. The SMILES string of the molecule is CNS(=O)(=O)c1ccc(N2CCN(C3CC3)CC2)nc1. The van der Waals surface area contributed by atoms with Gasteiger partial charge in [0.25, 0.3) is 0 Å². The molecule has 7 heteroatoms. The number of nitrogens with zero attached hydrogens (tertiary/aromatic N) is 3. The largest absolute Gasteiger partial charge is 0.354 e. The summed E-state index contributed by atoms with van der Waals surface area (Å²) in [6.45, 7) is 4.06. The Hall–Kier alpha value is -1.18. The van der Waals surface area contributed by atoms with Gasteiger partial charge in [0.1, 0.15) is 10.7 Å². The van der Waals surface area contributed by atoms with Gasteiger partial charge in [-0.05, 0) is 32.0 Å². The molecule has 0 bridgehead atoms. The number of rotatable bonds is 4. The maximum Gasteiger partial charge on any atom is 0.241 e. The highest BCUT2D eigenvalue weighted by Gasteiger charge is 2.31. The van der Waals surface area contributed by atoms with Crippen molar-refractivity contribution in [3.8, 4) is 0 Å². The van der Waals surface area contributed by atoms with Crippen LogP contribution in [0.2, 0.25) is 0 Å². The Morgan fingerprint density at radius 2 is 1.90 bits per heavy atom. The van der Waals surface area contributed by atoms with Crippen LogP contribution >= 0.6 is 0 Å². The fourth-order valence-corrected chi connectivity index (χ4v) is 3.27. The molecule has 20 heavy (non-hydrogen) atoms. The van der Waals surface area contributed by atoms with Crippen molar-refractivity contribution in [3.63, 3.8) is 0 Å². The molecule has 1 aromatic heterocycles. The molecule has 2 aliphatic rings. The standard InChI is InChI=1S/C13H20N4O2S/c1-14-20(18,19)12-4-5-13(15-10-12)17-8-6-16(7-9-17)11-2-3-11/h4-5,10-11,14H,2-3,6-9H2,1H3. The Morgan fingerprint density at radius 3 is 2.40 bits per heavy atom. The number of nitrogens with one attached hydrogen (secondary N) is 1. The molecule has 0 atom stereocenters. The minimum atomic E-state index is -3.40. The topological polar surface area (TPSA) is 65.5 Å². The average molecular weight is 296 g/mol. The Kier molecular flexibility index (Phi) is 3.66. The van der Waals surface area contributed by atoms with Gasteiger partial charge in [0.15, 0.2) is 0 Å². The molecule has 6 nitrogen and oxygen atoms in total. The van der Waals surface area contributed by atoms with Crippen molar-refractivity contribution in [2.45, 2.75) is 23.8 Å². The molecule has 0 unspecified atom stereocenters. The third-order valence-electron chi connectivity index (χ3n) is 4.00. The Balaban J connectivity index is 1.66. The zero-order valence-corrected chi connectivity index (χ0v) is 12.4. The van der Waals surface area contributed by atoms with Crippen LogP contribution in [0.4, 0.5) is 5.82 Å². The molecule has 0 amide bonds. The summed E-state index contributed by atoms with van der Waals surface area (Å²) in [4.78, 5) is 9.25. The molecule has 110 valence electrons. The lowest BCUT2D eigenvalue weighted by Gasteiger charge is -2.35. The average Bonchev–Trinajstić information content (AvgIpc) is 3.32. The third kappa shape index (κ3) is 2.79. The lowest BCUT2D eigenvalue weighted by molar-refractivity contribution is 0.247. The summed E-state index contributed by atoms with van der Waals surface area (Å²) in [7, 11) is -1.99. The first-order chi connectivity index (χ1) is 9.60. The van der Waals surface area contributed by atoms with Gasteiger partial charge >= 0.3 is 0 Å². The van der Waals surface area contributed by atoms with Gasteiger partial charge in [-0.1, -0.05) is 0 Å². The molecule has 0 spiro atoms. The number of anilines is 1. The highest BCUT2D eigenvalue weighted by molar-refractivity contribution is 7.89. The maximum atomic E-state index is 11.6. The fraction of sp³-hybridized carbons (Fsp3) is 0.615. The molecule has 1 saturated heterocycles. The molecular weight excluding hydrogens is 276 g/mol. The zero-order chi connectivity index (χ0) is 14.2. The summed E-state index contributed by atoms with van der Waals surface area (Å²) in [5, 5.41) is 0. The van der Waals surface area contributed by atoms with Gasteiger partial charge in [0.05, 0.1) is 0 Å². The molecule has 1 saturated carbocycles. The minimum Gasteiger partial charge on any atom is -0.354 e. The van der Waals surface area contributed by atoms with Crippen LogP contribution in [0.5, 0.6) is 0 Å². The second-order valence-electron chi connectivity index (χ2n) is 5.31. The van der Waals surface area contributed by atoms with Gasteiger partial charge < -0.3 is 4.90 Å². The number of hydrogen-bond donors (Lipinski definition) is 1. The van der Waals surface area contributed by atoms with Crippen molar-refractivity contribution >= 4 is 15.8 Å². The fourth-order valence-electron chi connectivity index (χ4n) is 2.59. The van der Waals surface area contributed by atoms with Crippen LogP contribution in [-0.2, 0) is 10.0 Å². The molecular formula is C13H20N4O2S. The molecule has 1 aromatic rings. The Labute approximate surface area is 119 Å². The second kappa shape index (κ2) is 5.31. The zero-order valence-electron chi connectivity index (χ0n) is 11.6. The lowest BCUT2D eigenvalue weighted by Crippen LogP contribution is -2.47. The van der Waals surface area contributed by atoms with E-state index in [0.717, 1.165) is 38.0 Å². The van der Waals surface area contributed by atoms with E-state index in [0.29, 0.717) is 0 Å². The van der Waals surface area contributed by atoms with E-state index >= 15 is 0 Å². The maximum absolute atomic E-state index is 11.6. The van der Waals surface area contributed by atoms with E-state index in [1.165, 1.54) is 26.1 Å². The van der Waals surface area contributed by atoms with Crippen molar-refractivity contribution in [2.24, 2.45) is 0 Å². The Bertz CT molecular complexity index is 561. The highest BCUT2D eigenvalue weighted by Crippen LogP contribution is 2.28. The van der Waals surface area contributed by atoms with Crippen LogP contribution in [0.25, 0.3) is 0 Å². The van der Waals surface area contributed by atoms with E-state index < -0.39 is 10.0 Å². The van der Waals surface area contributed by atoms with E-state index in [4.69, 9.17) is 0 Å². The van der Waals surface area contributed by atoms with Crippen molar-refractivity contribution < 1.29 is 8.42 Å². The first-order valence-corrected chi connectivity index (χ1v) is 8.47. The van der Waals surface area contributed by atoms with E-state index in [2.05, 4.69) is 19.5 Å². The molecule has 0 aromatic carbocycles. The quantitative estimate of drug-likeness (QED) is 0.864. The third-order valence-corrected chi connectivity index (χ3v) is 5.40. The summed E-state index contributed by atoms with van der Waals surface area (Å²) in [6, 6.07) is 4.21. The first kappa shape index (κ1) is 13.8. The van der Waals surface area contributed by atoms with Gasteiger partial charge in [0, 0.05) is 38.4 Å². The van der Waals surface area contributed by atoms with E-state index in [9.17, 15) is 8.42 Å². The number of pyridine rings is 1. The number of sulfonamides is 1. The van der Waals surface area contributed by atoms with Crippen LogP contribution < -0.4 is 9.62 Å². The van der Waals surface area contributed by atoms with Crippen molar-refractivity contribution in [1.82, 2.24) is 14.6 Å². The summed E-state index contributed by atoms with van der Waals surface area (Å²) in [6.07, 6.45) is 4.11. The van der Waals surface area contributed by atoms with Crippen LogP contribution in [-0.4, -0.2) is 57.6 Å². The molecule has 0 radical (unpaired) electrons. The van der Waals surface area contributed by atoms with Crippen molar-refractivity contribution in [2.75, 3.05) is 38.1 Å². The summed E-state index contributed by atoms with van der Waals surface area (Å²) >= 11 is 0. The predicted octanol–water partition coefficient (Wildman–Crippen LogP) is 0.274. The van der Waals surface area contributed by atoms with E-state index in [1.54, 1.807) is 12.1 Å². The molecule has 1 N–H and O–H groups in total. The molecule has 2 fully saturated rings. The molecule has 1 aliphatic heterocycles. The van der Waals surface area contributed by atoms with Gasteiger partial charge in [-0.25, -0.2) is 18.1 Å². The van der Waals surface area contributed by atoms with Crippen molar-refractivity contribution in [1.29, 1.82) is 0 Å². The van der Waals surface area contributed by atoms with Crippen LogP contribution in [0.1, 0.15) is 12.8 Å². The smallest absolute Gasteiger partial charge is 0.241 e. The second-order valence-corrected chi connectivity index (χ2v) is 7.20. The van der Waals surface area contributed by atoms with Crippen LogP contribution in [0, 0.1) is 0 Å². The summed E-state index contributed by atoms with van der Waals surface area (Å²) in [5.41, 5.74) is 0. The Morgan fingerprint density at radius 1 is 1.20 bits per heavy atom.